The van der Waals surface area contributed by atoms with E-state index in [1.807, 2.05) is 13.0 Å². The zero-order valence-electron chi connectivity index (χ0n) is 16.1. The summed E-state index contributed by atoms with van der Waals surface area (Å²) in [5.74, 6) is 1.74. The maximum Gasteiger partial charge on any atom is 0.161 e. The Bertz CT molecular complexity index is 1170. The number of aromatic amines is 1. The van der Waals surface area contributed by atoms with Crippen molar-refractivity contribution in [3.8, 4) is 0 Å². The van der Waals surface area contributed by atoms with Crippen LogP contribution in [0.5, 0.6) is 0 Å². The Morgan fingerprint density at radius 3 is 2.83 bits per heavy atom. The molecule has 3 heterocycles. The van der Waals surface area contributed by atoms with E-state index in [9.17, 15) is 4.39 Å². The van der Waals surface area contributed by atoms with Crippen molar-refractivity contribution >= 4 is 22.5 Å². The molecule has 6 nitrogen and oxygen atoms in total. The number of anilines is 2. The molecule has 0 bridgehead atoms. The molecule has 0 radical (unpaired) electrons. The molecule has 0 saturated heterocycles. The normalized spacial score (nSPS) is 14.1. The highest BCUT2D eigenvalue weighted by Gasteiger charge is 2.22. The highest BCUT2D eigenvalue weighted by Crippen LogP contribution is 2.29. The molecular weight excluding hydrogens is 367 g/mol. The van der Waals surface area contributed by atoms with Crippen LogP contribution in [0.25, 0.3) is 10.9 Å². The van der Waals surface area contributed by atoms with Crippen molar-refractivity contribution in [1.82, 2.24) is 25.1 Å². The summed E-state index contributed by atoms with van der Waals surface area (Å²) in [6.07, 6.45) is 0.849. The first-order chi connectivity index (χ1) is 14.2. The van der Waals surface area contributed by atoms with Gasteiger partial charge in [0, 0.05) is 30.6 Å². The third-order valence-corrected chi connectivity index (χ3v) is 5.27. The Morgan fingerprint density at radius 1 is 1.10 bits per heavy atom. The van der Waals surface area contributed by atoms with Gasteiger partial charge in [-0.15, -0.1) is 0 Å². The number of hydrogen-bond acceptors (Lipinski definition) is 5. The maximum atomic E-state index is 13.7. The zero-order chi connectivity index (χ0) is 19.8. The third kappa shape index (κ3) is 3.56. The minimum Gasteiger partial charge on any atom is -0.323 e. The lowest BCUT2D eigenvalue weighted by atomic mass is 10.0. The van der Waals surface area contributed by atoms with E-state index in [0.29, 0.717) is 17.0 Å². The quantitative estimate of drug-likeness (QED) is 0.551. The van der Waals surface area contributed by atoms with Gasteiger partial charge in [0.2, 0.25) is 0 Å². The van der Waals surface area contributed by atoms with Crippen molar-refractivity contribution in [2.45, 2.75) is 26.4 Å². The topological polar surface area (TPSA) is 69.7 Å². The van der Waals surface area contributed by atoms with E-state index in [2.05, 4.69) is 49.7 Å². The fourth-order valence-electron chi connectivity index (χ4n) is 3.88. The van der Waals surface area contributed by atoms with E-state index in [-0.39, 0.29) is 5.82 Å². The van der Waals surface area contributed by atoms with Crippen LogP contribution in [0.3, 0.4) is 0 Å². The first-order valence-electron chi connectivity index (χ1n) is 9.69. The van der Waals surface area contributed by atoms with E-state index in [4.69, 9.17) is 4.98 Å². The minimum absolute atomic E-state index is 0.292. The number of fused-ring (bicyclic) bond motifs is 2. The molecule has 0 aliphatic carbocycles. The van der Waals surface area contributed by atoms with Gasteiger partial charge >= 0.3 is 0 Å². The van der Waals surface area contributed by atoms with E-state index in [1.54, 1.807) is 6.07 Å². The third-order valence-electron chi connectivity index (χ3n) is 5.27. The second-order valence-corrected chi connectivity index (χ2v) is 7.38. The van der Waals surface area contributed by atoms with Crippen LogP contribution in [0.1, 0.15) is 22.6 Å². The summed E-state index contributed by atoms with van der Waals surface area (Å²) < 4.78 is 13.7. The molecule has 4 aromatic rings. The van der Waals surface area contributed by atoms with Gasteiger partial charge < -0.3 is 5.32 Å². The van der Waals surface area contributed by atoms with E-state index in [1.165, 1.54) is 17.7 Å². The summed E-state index contributed by atoms with van der Waals surface area (Å²) >= 11 is 0. The smallest absolute Gasteiger partial charge is 0.161 e. The van der Waals surface area contributed by atoms with Gasteiger partial charge in [-0.05, 0) is 37.1 Å². The van der Waals surface area contributed by atoms with E-state index < -0.39 is 0 Å². The van der Waals surface area contributed by atoms with Crippen LogP contribution in [0.4, 0.5) is 16.0 Å². The first-order valence-corrected chi connectivity index (χ1v) is 9.69. The van der Waals surface area contributed by atoms with Crippen LogP contribution in [-0.2, 0) is 19.5 Å². The number of nitrogens with zero attached hydrogens (tertiary/aromatic N) is 4. The average molecular weight is 388 g/mol. The van der Waals surface area contributed by atoms with Crippen molar-refractivity contribution in [1.29, 1.82) is 0 Å². The fourth-order valence-corrected chi connectivity index (χ4v) is 3.88. The van der Waals surface area contributed by atoms with Gasteiger partial charge in [-0.3, -0.25) is 10.00 Å². The Hall–Kier alpha value is -3.32. The van der Waals surface area contributed by atoms with Gasteiger partial charge in [0.25, 0.3) is 0 Å². The number of aromatic nitrogens is 4. The fraction of sp³-hybridized carbons (Fsp3) is 0.227. The van der Waals surface area contributed by atoms with Crippen LogP contribution in [-0.4, -0.2) is 31.6 Å². The summed E-state index contributed by atoms with van der Waals surface area (Å²) in [6.45, 7) is 4.50. The Labute approximate surface area is 167 Å². The lowest BCUT2D eigenvalue weighted by Gasteiger charge is -2.29. The molecular formula is C22H21FN6. The van der Waals surface area contributed by atoms with Gasteiger partial charge in [0.05, 0.1) is 11.2 Å². The van der Waals surface area contributed by atoms with Crippen molar-refractivity contribution in [3.63, 3.8) is 0 Å². The predicted molar refractivity (Wildman–Crippen MR) is 110 cm³/mol. The summed E-state index contributed by atoms with van der Waals surface area (Å²) in [7, 11) is 0. The van der Waals surface area contributed by atoms with E-state index >= 15 is 0 Å². The molecule has 0 spiro atoms. The van der Waals surface area contributed by atoms with Gasteiger partial charge in [-0.2, -0.15) is 5.10 Å². The highest BCUT2D eigenvalue weighted by molar-refractivity contribution is 5.91. The van der Waals surface area contributed by atoms with Gasteiger partial charge in [-0.25, -0.2) is 14.4 Å². The second-order valence-electron chi connectivity index (χ2n) is 7.38. The number of aryl methyl sites for hydroxylation is 1. The van der Waals surface area contributed by atoms with Gasteiger partial charge in [0.15, 0.2) is 5.82 Å². The maximum absolute atomic E-state index is 13.7. The largest absolute Gasteiger partial charge is 0.323 e. The number of rotatable bonds is 4. The summed E-state index contributed by atoms with van der Waals surface area (Å²) in [4.78, 5) is 11.7. The molecule has 5 rings (SSSR count). The van der Waals surface area contributed by atoms with E-state index in [0.717, 1.165) is 48.6 Å². The van der Waals surface area contributed by atoms with Crippen molar-refractivity contribution in [3.05, 3.63) is 77.0 Å². The van der Waals surface area contributed by atoms with Crippen LogP contribution in [0.15, 0.2) is 48.5 Å². The number of hydrogen-bond donors (Lipinski definition) is 2. The second kappa shape index (κ2) is 7.25. The Morgan fingerprint density at radius 2 is 1.97 bits per heavy atom. The van der Waals surface area contributed by atoms with Gasteiger partial charge in [-0.1, -0.05) is 30.3 Å². The van der Waals surface area contributed by atoms with Gasteiger partial charge in [0.1, 0.15) is 17.5 Å². The minimum atomic E-state index is -0.292. The lowest BCUT2D eigenvalue weighted by Crippen LogP contribution is -2.31. The molecule has 0 amide bonds. The number of benzene rings is 2. The molecule has 1 aliphatic rings. The SMILES string of the molecule is Cc1nc2c(c(Nc3n[nH]c4ccc(F)cc34)n1)CCN(Cc1ccccc1)C2. The van der Waals surface area contributed by atoms with Crippen LogP contribution in [0.2, 0.25) is 0 Å². The molecule has 0 fully saturated rings. The molecule has 2 aromatic carbocycles. The average Bonchev–Trinajstić information content (AvgIpc) is 3.10. The van der Waals surface area contributed by atoms with Crippen molar-refractivity contribution in [2.75, 3.05) is 11.9 Å². The van der Waals surface area contributed by atoms with Crippen LogP contribution < -0.4 is 5.32 Å². The highest BCUT2D eigenvalue weighted by atomic mass is 19.1. The lowest BCUT2D eigenvalue weighted by molar-refractivity contribution is 0.241. The molecule has 0 atom stereocenters. The summed E-state index contributed by atoms with van der Waals surface area (Å²) in [6, 6.07) is 15.0. The molecule has 146 valence electrons. The first kappa shape index (κ1) is 17.8. The molecule has 2 N–H and O–H groups in total. The standard InChI is InChI=1S/C22H21FN6/c1-14-24-20-13-29(12-15-5-3-2-4-6-15)10-9-17(20)21(25-14)26-22-18-11-16(23)7-8-19(18)27-28-22/h2-8,11H,9-10,12-13H2,1H3,(H2,24,25,26,27,28). The molecule has 2 aromatic heterocycles. The number of halogens is 1. The predicted octanol–water partition coefficient (Wildman–Crippen LogP) is 4.10. The summed E-state index contributed by atoms with van der Waals surface area (Å²) in [5, 5.41) is 11.3. The number of nitrogens with one attached hydrogen (secondary N) is 2. The zero-order valence-corrected chi connectivity index (χ0v) is 16.1. The number of H-pyrrole nitrogens is 1. The van der Waals surface area contributed by atoms with Crippen molar-refractivity contribution in [2.24, 2.45) is 0 Å². The molecule has 1 aliphatic heterocycles. The monoisotopic (exact) mass is 388 g/mol. The Kier molecular flexibility index (Phi) is 4.44. The van der Waals surface area contributed by atoms with Crippen LogP contribution in [0, 0.1) is 12.7 Å². The molecule has 29 heavy (non-hydrogen) atoms. The molecule has 0 saturated carbocycles. The Balaban J connectivity index is 1.43. The van der Waals surface area contributed by atoms with Crippen LogP contribution >= 0.6 is 0 Å². The van der Waals surface area contributed by atoms with Crippen molar-refractivity contribution < 1.29 is 4.39 Å². The molecule has 0 unspecified atom stereocenters. The summed E-state index contributed by atoms with van der Waals surface area (Å²) in [5.41, 5.74) is 4.22. The molecule has 7 heteroatoms.